The second kappa shape index (κ2) is 7.95. The van der Waals surface area contributed by atoms with Crippen molar-refractivity contribution < 1.29 is 4.79 Å². The Morgan fingerprint density at radius 1 is 1.26 bits per heavy atom. The Balaban J connectivity index is 1.56. The summed E-state index contributed by atoms with van der Waals surface area (Å²) in [6, 6.07) is 16.0. The zero-order valence-corrected chi connectivity index (χ0v) is 15.1. The summed E-state index contributed by atoms with van der Waals surface area (Å²) in [5.74, 6) is 1.28. The largest absolute Gasteiger partial charge is 0.325 e. The highest BCUT2D eigenvalue weighted by Gasteiger charge is 2.14. The average Bonchev–Trinajstić information content (AvgIpc) is 2.60. The van der Waals surface area contributed by atoms with Crippen molar-refractivity contribution in [3.05, 3.63) is 54.1 Å². The van der Waals surface area contributed by atoms with Gasteiger partial charge in [0.2, 0.25) is 5.91 Å². The number of hydrogen-bond donors (Lipinski definition) is 1. The zero-order valence-electron chi connectivity index (χ0n) is 12.6. The predicted octanol–water partition coefficient (Wildman–Crippen LogP) is 5.01. The molecule has 0 aliphatic carbocycles. The highest BCUT2D eigenvalue weighted by atomic mass is 32.2. The van der Waals surface area contributed by atoms with E-state index in [-0.39, 0.29) is 5.91 Å². The summed E-state index contributed by atoms with van der Waals surface area (Å²) in [6.45, 7) is 0. The van der Waals surface area contributed by atoms with Gasteiger partial charge < -0.3 is 5.32 Å². The van der Waals surface area contributed by atoms with Gasteiger partial charge in [0, 0.05) is 16.3 Å². The van der Waals surface area contributed by atoms with E-state index in [1.807, 2.05) is 48.7 Å². The first-order chi connectivity index (χ1) is 11.2. The number of fused-ring (bicyclic) bond motifs is 1. The van der Waals surface area contributed by atoms with Gasteiger partial charge in [0.25, 0.3) is 0 Å². The normalized spacial score (nSPS) is 13.2. The lowest BCUT2D eigenvalue weighted by Gasteiger charge is -2.14. The van der Waals surface area contributed by atoms with Gasteiger partial charge in [-0.25, -0.2) is 4.99 Å². The zero-order chi connectivity index (χ0) is 16.1. The second-order valence-electron chi connectivity index (χ2n) is 4.86. The molecule has 23 heavy (non-hydrogen) atoms. The van der Waals surface area contributed by atoms with Gasteiger partial charge in [0.05, 0.1) is 11.4 Å². The number of carbonyl (C=O) groups excluding carboxylic acids is 1. The van der Waals surface area contributed by atoms with Crippen LogP contribution >= 0.6 is 35.3 Å². The maximum Gasteiger partial charge on any atom is 0.234 e. The van der Waals surface area contributed by atoms with Crippen molar-refractivity contribution in [2.24, 2.45) is 4.99 Å². The molecular formula is C17H16N2OS3. The number of amides is 1. The lowest BCUT2D eigenvalue weighted by molar-refractivity contribution is -0.113. The van der Waals surface area contributed by atoms with E-state index < -0.39 is 0 Å². The molecule has 3 nitrogen and oxygen atoms in total. The van der Waals surface area contributed by atoms with Crippen molar-refractivity contribution in [3.8, 4) is 0 Å². The minimum atomic E-state index is -0.00425. The van der Waals surface area contributed by atoms with Crippen LogP contribution in [0.25, 0.3) is 0 Å². The molecule has 0 fully saturated rings. The third-order valence-electron chi connectivity index (χ3n) is 3.23. The van der Waals surface area contributed by atoms with Gasteiger partial charge >= 0.3 is 0 Å². The number of nitrogens with one attached hydrogen (secondary N) is 1. The lowest BCUT2D eigenvalue weighted by Crippen LogP contribution is -2.15. The molecule has 1 aliphatic rings. The van der Waals surface area contributed by atoms with Gasteiger partial charge in [0.1, 0.15) is 4.38 Å². The van der Waals surface area contributed by atoms with E-state index in [4.69, 9.17) is 0 Å². The van der Waals surface area contributed by atoms with Crippen LogP contribution in [0.3, 0.4) is 0 Å². The number of rotatable bonds is 4. The van der Waals surface area contributed by atoms with Crippen molar-refractivity contribution in [1.82, 2.24) is 0 Å². The molecule has 6 heteroatoms. The van der Waals surface area contributed by atoms with Crippen LogP contribution in [0, 0.1) is 0 Å². The third-order valence-corrected chi connectivity index (χ3v) is 6.21. The van der Waals surface area contributed by atoms with Crippen LogP contribution in [0.15, 0.2) is 58.4 Å². The smallest absolute Gasteiger partial charge is 0.234 e. The van der Waals surface area contributed by atoms with Gasteiger partial charge in [-0.05, 0) is 36.1 Å². The molecule has 0 unspecified atom stereocenters. The average molecular weight is 361 g/mol. The number of benzene rings is 2. The molecule has 1 heterocycles. The Morgan fingerprint density at radius 3 is 3.00 bits per heavy atom. The minimum absolute atomic E-state index is 0.00425. The van der Waals surface area contributed by atoms with E-state index in [0.29, 0.717) is 5.75 Å². The molecule has 0 bridgehead atoms. The number of carbonyl (C=O) groups is 1. The number of anilines is 1. The maximum absolute atomic E-state index is 12.1. The second-order valence-corrected chi connectivity index (χ2v) is 7.93. The molecule has 0 atom stereocenters. The van der Waals surface area contributed by atoms with Gasteiger partial charge in [-0.2, -0.15) is 0 Å². The molecule has 1 aliphatic heterocycles. The highest BCUT2D eigenvalue weighted by molar-refractivity contribution is 8.38. The van der Waals surface area contributed by atoms with Crippen LogP contribution in [0.2, 0.25) is 0 Å². The molecule has 0 radical (unpaired) electrons. The van der Waals surface area contributed by atoms with Gasteiger partial charge in [-0.1, -0.05) is 47.8 Å². The van der Waals surface area contributed by atoms with Gasteiger partial charge in [0.15, 0.2) is 0 Å². The highest BCUT2D eigenvalue weighted by Crippen LogP contribution is 2.34. The summed E-state index contributed by atoms with van der Waals surface area (Å²) < 4.78 is 0.955. The third kappa shape index (κ3) is 4.56. The summed E-state index contributed by atoms with van der Waals surface area (Å²) in [6.07, 6.45) is 2.02. The quantitative estimate of drug-likeness (QED) is 0.778. The van der Waals surface area contributed by atoms with E-state index in [9.17, 15) is 4.79 Å². The standard InChI is InChI=1S/C17H16N2OS3/c1-21-14-7-4-6-13(9-14)18-16(20)11-23-17-19-15-8-3-2-5-12(15)10-22-17/h2-9H,10-11H2,1H3,(H,18,20). The fourth-order valence-corrected chi connectivity index (χ4v) is 4.43. The van der Waals surface area contributed by atoms with Gasteiger partial charge in [-0.3, -0.25) is 4.79 Å². The monoisotopic (exact) mass is 360 g/mol. The number of thioether (sulfide) groups is 3. The van der Waals surface area contributed by atoms with Crippen LogP contribution in [0.4, 0.5) is 11.4 Å². The van der Waals surface area contributed by atoms with Crippen LogP contribution in [0.1, 0.15) is 5.56 Å². The molecule has 1 amide bonds. The number of para-hydroxylation sites is 1. The van der Waals surface area contributed by atoms with Crippen molar-refractivity contribution in [2.75, 3.05) is 17.3 Å². The first-order valence-electron chi connectivity index (χ1n) is 7.11. The molecular weight excluding hydrogens is 344 g/mol. The molecule has 2 aromatic rings. The van der Waals surface area contributed by atoms with E-state index >= 15 is 0 Å². The summed E-state index contributed by atoms with van der Waals surface area (Å²) >= 11 is 4.84. The number of nitrogens with zero attached hydrogens (tertiary/aromatic N) is 1. The first-order valence-corrected chi connectivity index (χ1v) is 10.3. The molecule has 3 rings (SSSR count). The Kier molecular flexibility index (Phi) is 5.70. The number of hydrogen-bond acceptors (Lipinski definition) is 5. The van der Waals surface area contributed by atoms with Crippen LogP contribution < -0.4 is 5.32 Å². The van der Waals surface area contributed by atoms with Crippen molar-refractivity contribution >= 4 is 56.9 Å². The van der Waals surface area contributed by atoms with Crippen LogP contribution in [-0.4, -0.2) is 22.3 Å². The minimum Gasteiger partial charge on any atom is -0.325 e. The molecule has 2 aromatic carbocycles. The fraction of sp³-hybridized carbons (Fsp3) is 0.176. The van der Waals surface area contributed by atoms with Crippen LogP contribution in [0.5, 0.6) is 0 Å². The molecule has 0 spiro atoms. The van der Waals surface area contributed by atoms with Crippen LogP contribution in [-0.2, 0) is 10.5 Å². The Bertz CT molecular complexity index is 746. The van der Waals surface area contributed by atoms with E-state index in [2.05, 4.69) is 16.4 Å². The summed E-state index contributed by atoms with van der Waals surface area (Å²) in [5.41, 5.74) is 3.10. The van der Waals surface area contributed by atoms with Gasteiger partial charge in [-0.15, -0.1) is 11.8 Å². The first kappa shape index (κ1) is 16.5. The molecule has 118 valence electrons. The van der Waals surface area contributed by atoms with E-state index in [0.717, 1.165) is 26.4 Å². The van der Waals surface area contributed by atoms with Crippen molar-refractivity contribution in [3.63, 3.8) is 0 Å². The Morgan fingerprint density at radius 2 is 2.13 bits per heavy atom. The molecule has 0 saturated heterocycles. The molecule has 0 saturated carbocycles. The Labute approximate surface area is 148 Å². The predicted molar refractivity (Wildman–Crippen MR) is 104 cm³/mol. The van der Waals surface area contributed by atoms with Crippen molar-refractivity contribution in [2.45, 2.75) is 10.6 Å². The lowest BCUT2D eigenvalue weighted by atomic mass is 10.2. The molecule has 1 N–H and O–H groups in total. The summed E-state index contributed by atoms with van der Waals surface area (Å²) in [5, 5.41) is 2.94. The Hall–Kier alpha value is -1.37. The van der Waals surface area contributed by atoms with E-state index in [1.54, 1.807) is 23.5 Å². The number of aliphatic imine (C=N–C) groups is 1. The fourth-order valence-electron chi connectivity index (χ4n) is 2.11. The SMILES string of the molecule is CSc1cccc(NC(=O)CSC2=Nc3ccccc3CS2)c1. The summed E-state index contributed by atoms with van der Waals surface area (Å²) in [4.78, 5) is 17.8. The molecule has 0 aromatic heterocycles. The summed E-state index contributed by atoms with van der Waals surface area (Å²) in [7, 11) is 0. The topological polar surface area (TPSA) is 41.5 Å². The van der Waals surface area contributed by atoms with Crippen molar-refractivity contribution in [1.29, 1.82) is 0 Å². The van der Waals surface area contributed by atoms with E-state index in [1.165, 1.54) is 17.3 Å². The maximum atomic E-state index is 12.1.